The number of nitrogens with zero attached hydrogens (tertiary/aromatic N) is 1. The van der Waals surface area contributed by atoms with E-state index in [1.807, 2.05) is 0 Å². The third-order valence-corrected chi connectivity index (χ3v) is 2.59. The Morgan fingerprint density at radius 1 is 1.67 bits per heavy atom. The molecule has 0 aromatic heterocycles. The largest absolute Gasteiger partial charge is 0.480 e. The van der Waals surface area contributed by atoms with Crippen molar-refractivity contribution in [1.82, 2.24) is 4.90 Å². The second-order valence-corrected chi connectivity index (χ2v) is 3.76. The molecule has 1 saturated heterocycles. The number of piperidine rings is 1. The lowest BCUT2D eigenvalue weighted by molar-refractivity contribution is -0.143. The number of likely N-dealkylation sites (tertiary alicyclic amines) is 1. The number of aliphatic carboxylic acids is 1. The van der Waals surface area contributed by atoms with Crippen LogP contribution in [-0.2, 0) is 4.79 Å². The van der Waals surface area contributed by atoms with Gasteiger partial charge in [-0.25, -0.2) is 0 Å². The van der Waals surface area contributed by atoms with Gasteiger partial charge in [0.1, 0.15) is 6.04 Å². The van der Waals surface area contributed by atoms with Crippen molar-refractivity contribution in [2.45, 2.75) is 32.7 Å². The van der Waals surface area contributed by atoms with Crippen LogP contribution in [0.4, 0.5) is 0 Å². The Morgan fingerprint density at radius 2 is 2.33 bits per heavy atom. The summed E-state index contributed by atoms with van der Waals surface area (Å²) in [4.78, 5) is 12.7. The summed E-state index contributed by atoms with van der Waals surface area (Å²) in [5.41, 5.74) is 0. The Hall–Kier alpha value is -0.570. The molecule has 12 heavy (non-hydrogen) atoms. The van der Waals surface area contributed by atoms with Crippen molar-refractivity contribution >= 4 is 5.97 Å². The Kier molecular flexibility index (Phi) is 3.09. The molecule has 1 N–H and O–H groups in total. The van der Waals surface area contributed by atoms with Crippen molar-refractivity contribution in [1.29, 1.82) is 0 Å². The van der Waals surface area contributed by atoms with Crippen LogP contribution in [-0.4, -0.2) is 35.1 Å². The van der Waals surface area contributed by atoms with Crippen LogP contribution in [0.1, 0.15) is 26.7 Å². The van der Waals surface area contributed by atoms with Crippen molar-refractivity contribution < 1.29 is 9.90 Å². The van der Waals surface area contributed by atoms with Gasteiger partial charge in [-0.1, -0.05) is 6.92 Å². The van der Waals surface area contributed by atoms with E-state index in [9.17, 15) is 4.79 Å². The van der Waals surface area contributed by atoms with Gasteiger partial charge in [0.2, 0.25) is 0 Å². The van der Waals surface area contributed by atoms with Gasteiger partial charge in [0.05, 0.1) is 0 Å². The van der Waals surface area contributed by atoms with E-state index in [0.29, 0.717) is 5.92 Å². The van der Waals surface area contributed by atoms with Gasteiger partial charge in [-0.3, -0.25) is 9.69 Å². The number of rotatable bonds is 2. The highest BCUT2D eigenvalue weighted by Crippen LogP contribution is 2.17. The smallest absolute Gasteiger partial charge is 0.320 e. The molecule has 3 heteroatoms. The summed E-state index contributed by atoms with van der Waals surface area (Å²) >= 11 is 0. The van der Waals surface area contributed by atoms with Crippen LogP contribution in [0.25, 0.3) is 0 Å². The molecule has 0 aliphatic carbocycles. The molecule has 0 aromatic carbocycles. The first-order valence-electron chi connectivity index (χ1n) is 4.58. The topological polar surface area (TPSA) is 40.5 Å². The normalized spacial score (nSPS) is 28.3. The van der Waals surface area contributed by atoms with Gasteiger partial charge in [-0.15, -0.1) is 0 Å². The number of carboxylic acids is 1. The van der Waals surface area contributed by atoms with E-state index in [-0.39, 0.29) is 6.04 Å². The van der Waals surface area contributed by atoms with Gasteiger partial charge in [0.25, 0.3) is 0 Å². The summed E-state index contributed by atoms with van der Waals surface area (Å²) in [6.07, 6.45) is 2.38. The summed E-state index contributed by atoms with van der Waals surface area (Å²) < 4.78 is 0. The molecule has 0 radical (unpaired) electrons. The molecule has 1 fully saturated rings. The third-order valence-electron chi connectivity index (χ3n) is 2.59. The lowest BCUT2D eigenvalue weighted by Crippen LogP contribution is -2.44. The van der Waals surface area contributed by atoms with Gasteiger partial charge in [0.15, 0.2) is 0 Å². The maximum atomic E-state index is 10.7. The van der Waals surface area contributed by atoms with Crippen molar-refractivity contribution in [3.05, 3.63) is 0 Å². The highest BCUT2D eigenvalue weighted by molar-refractivity contribution is 5.72. The number of hydrogen-bond donors (Lipinski definition) is 1. The van der Waals surface area contributed by atoms with Crippen LogP contribution in [0.15, 0.2) is 0 Å². The van der Waals surface area contributed by atoms with Gasteiger partial charge in [0, 0.05) is 6.54 Å². The second-order valence-electron chi connectivity index (χ2n) is 3.76. The van der Waals surface area contributed by atoms with Crippen LogP contribution in [0.3, 0.4) is 0 Å². The molecule has 2 atom stereocenters. The zero-order valence-electron chi connectivity index (χ0n) is 7.79. The highest BCUT2D eigenvalue weighted by atomic mass is 16.4. The molecule has 1 rings (SSSR count). The highest BCUT2D eigenvalue weighted by Gasteiger charge is 2.24. The predicted octanol–water partition coefficient (Wildman–Crippen LogP) is 1.19. The van der Waals surface area contributed by atoms with E-state index < -0.39 is 5.97 Å². The SMILES string of the molecule is C[C@@H]1CCCN([C@H](C)C(=O)O)C1. The first kappa shape index (κ1) is 9.52. The first-order valence-corrected chi connectivity index (χ1v) is 4.58. The minimum Gasteiger partial charge on any atom is -0.480 e. The molecular formula is C9H17NO2. The van der Waals surface area contributed by atoms with E-state index in [1.54, 1.807) is 6.92 Å². The van der Waals surface area contributed by atoms with Crippen molar-refractivity contribution in [2.24, 2.45) is 5.92 Å². The van der Waals surface area contributed by atoms with Gasteiger partial charge in [-0.05, 0) is 32.2 Å². The summed E-state index contributed by atoms with van der Waals surface area (Å²) in [5, 5.41) is 8.78. The molecule has 1 aliphatic heterocycles. The summed E-state index contributed by atoms with van der Waals surface area (Å²) in [5.74, 6) is -0.0513. The third kappa shape index (κ3) is 2.21. The van der Waals surface area contributed by atoms with Crippen LogP contribution in [0.5, 0.6) is 0 Å². The standard InChI is InChI=1S/C9H17NO2/c1-7-4-3-5-10(6-7)8(2)9(11)12/h7-8H,3-6H2,1-2H3,(H,11,12)/t7-,8-/m1/s1. The number of carboxylic acid groups (broad SMARTS) is 1. The Bertz CT molecular complexity index is 170. The molecule has 0 aromatic rings. The van der Waals surface area contributed by atoms with E-state index in [0.717, 1.165) is 19.5 Å². The zero-order chi connectivity index (χ0) is 9.14. The van der Waals surface area contributed by atoms with E-state index in [1.165, 1.54) is 6.42 Å². The number of hydrogen-bond acceptors (Lipinski definition) is 2. The van der Waals surface area contributed by atoms with Crippen molar-refractivity contribution in [3.63, 3.8) is 0 Å². The molecule has 1 aliphatic rings. The summed E-state index contributed by atoms with van der Waals surface area (Å²) in [6.45, 7) is 5.83. The van der Waals surface area contributed by atoms with Gasteiger partial charge >= 0.3 is 5.97 Å². The predicted molar refractivity (Wildman–Crippen MR) is 47.1 cm³/mol. The number of carbonyl (C=O) groups is 1. The fourth-order valence-electron chi connectivity index (χ4n) is 1.73. The van der Waals surface area contributed by atoms with Gasteiger partial charge < -0.3 is 5.11 Å². The lowest BCUT2D eigenvalue weighted by Gasteiger charge is -2.33. The first-order chi connectivity index (χ1) is 5.61. The van der Waals surface area contributed by atoms with Crippen LogP contribution < -0.4 is 0 Å². The molecule has 3 nitrogen and oxygen atoms in total. The minimum atomic E-state index is -0.705. The van der Waals surface area contributed by atoms with Crippen molar-refractivity contribution in [3.8, 4) is 0 Å². The van der Waals surface area contributed by atoms with Crippen LogP contribution in [0.2, 0.25) is 0 Å². The monoisotopic (exact) mass is 171 g/mol. The molecule has 1 heterocycles. The zero-order valence-corrected chi connectivity index (χ0v) is 7.79. The van der Waals surface area contributed by atoms with Crippen LogP contribution >= 0.6 is 0 Å². The lowest BCUT2D eigenvalue weighted by atomic mass is 9.99. The minimum absolute atomic E-state index is 0.312. The fourth-order valence-corrected chi connectivity index (χ4v) is 1.73. The van der Waals surface area contributed by atoms with Crippen molar-refractivity contribution in [2.75, 3.05) is 13.1 Å². The Balaban J connectivity index is 2.45. The maximum Gasteiger partial charge on any atom is 0.320 e. The molecular weight excluding hydrogens is 154 g/mol. The Labute approximate surface area is 73.4 Å². The van der Waals surface area contributed by atoms with E-state index >= 15 is 0 Å². The molecule has 70 valence electrons. The second kappa shape index (κ2) is 3.90. The molecule has 0 unspecified atom stereocenters. The summed E-state index contributed by atoms with van der Waals surface area (Å²) in [6, 6.07) is -0.312. The van der Waals surface area contributed by atoms with E-state index in [4.69, 9.17) is 5.11 Å². The molecule has 0 saturated carbocycles. The average molecular weight is 171 g/mol. The molecule has 0 amide bonds. The maximum absolute atomic E-state index is 10.7. The van der Waals surface area contributed by atoms with E-state index in [2.05, 4.69) is 11.8 Å². The van der Waals surface area contributed by atoms with Crippen LogP contribution in [0, 0.1) is 5.92 Å². The fraction of sp³-hybridized carbons (Fsp3) is 0.889. The quantitative estimate of drug-likeness (QED) is 0.678. The average Bonchev–Trinajstić information content (AvgIpc) is 2.03. The van der Waals surface area contributed by atoms with Gasteiger partial charge in [-0.2, -0.15) is 0 Å². The molecule has 0 bridgehead atoms. The molecule has 0 spiro atoms. The summed E-state index contributed by atoms with van der Waals surface area (Å²) in [7, 11) is 0. The Morgan fingerprint density at radius 3 is 2.83 bits per heavy atom.